The van der Waals surface area contributed by atoms with E-state index in [0.717, 1.165) is 6.42 Å². The number of primary amides is 1. The Balaban J connectivity index is 2.12. The summed E-state index contributed by atoms with van der Waals surface area (Å²) in [5.74, 6) is 0.638. The average Bonchev–Trinajstić information content (AvgIpc) is 2.60. The molecule has 0 aromatic heterocycles. The molecule has 18 heavy (non-hydrogen) atoms. The van der Waals surface area contributed by atoms with Crippen LogP contribution in [0, 0.1) is 0 Å². The maximum absolute atomic E-state index is 11.8. The van der Waals surface area contributed by atoms with Crippen molar-refractivity contribution in [3.63, 3.8) is 0 Å². The van der Waals surface area contributed by atoms with Crippen molar-refractivity contribution in [1.29, 1.82) is 0 Å². The zero-order valence-electron chi connectivity index (χ0n) is 9.98. The first kappa shape index (κ1) is 12.4. The molecule has 1 aromatic rings. The third kappa shape index (κ3) is 3.00. The van der Waals surface area contributed by atoms with E-state index in [1.54, 1.807) is 18.2 Å². The van der Waals surface area contributed by atoms with Crippen LogP contribution in [0.15, 0.2) is 18.2 Å². The second-order valence-electron chi connectivity index (χ2n) is 4.10. The van der Waals surface area contributed by atoms with Gasteiger partial charge in [-0.05, 0) is 18.2 Å². The number of hydrogen-bond acceptors (Lipinski definition) is 4. The highest BCUT2D eigenvalue weighted by Crippen LogP contribution is 2.30. The molecular formula is C13H15NO4. The van der Waals surface area contributed by atoms with E-state index in [4.69, 9.17) is 15.2 Å². The zero-order chi connectivity index (χ0) is 13.0. The van der Waals surface area contributed by atoms with E-state index in [2.05, 4.69) is 0 Å². The molecule has 5 nitrogen and oxygen atoms in total. The maximum Gasteiger partial charge on any atom is 0.217 e. The van der Waals surface area contributed by atoms with Crippen LogP contribution in [0.5, 0.6) is 11.5 Å². The van der Waals surface area contributed by atoms with E-state index in [1.807, 2.05) is 0 Å². The maximum atomic E-state index is 11.8. The molecule has 0 fully saturated rings. The first-order valence-electron chi connectivity index (χ1n) is 5.88. The number of benzene rings is 1. The topological polar surface area (TPSA) is 78.6 Å². The van der Waals surface area contributed by atoms with Gasteiger partial charge in [-0.1, -0.05) is 0 Å². The molecular weight excluding hydrogens is 234 g/mol. The summed E-state index contributed by atoms with van der Waals surface area (Å²) in [5, 5.41) is 0. The first-order valence-corrected chi connectivity index (χ1v) is 5.88. The Bertz CT molecular complexity index is 470. The van der Waals surface area contributed by atoms with E-state index in [0.29, 0.717) is 30.3 Å². The van der Waals surface area contributed by atoms with Crippen LogP contribution in [-0.2, 0) is 4.79 Å². The lowest BCUT2D eigenvalue weighted by Gasteiger charge is -2.08. The molecule has 2 N–H and O–H groups in total. The number of carbonyl (C=O) groups excluding carboxylic acids is 2. The minimum absolute atomic E-state index is 0.0628. The predicted molar refractivity (Wildman–Crippen MR) is 64.8 cm³/mol. The summed E-state index contributed by atoms with van der Waals surface area (Å²) in [6.07, 6.45) is 1.00. The highest BCUT2D eigenvalue weighted by molar-refractivity contribution is 5.98. The van der Waals surface area contributed by atoms with Crippen molar-refractivity contribution in [2.75, 3.05) is 13.2 Å². The molecule has 1 aliphatic rings. The van der Waals surface area contributed by atoms with Crippen LogP contribution in [0.25, 0.3) is 0 Å². The van der Waals surface area contributed by atoms with Crippen LogP contribution in [0.3, 0.4) is 0 Å². The van der Waals surface area contributed by atoms with Crippen molar-refractivity contribution < 1.29 is 19.1 Å². The van der Waals surface area contributed by atoms with Gasteiger partial charge in [-0.15, -0.1) is 0 Å². The van der Waals surface area contributed by atoms with Crippen molar-refractivity contribution >= 4 is 11.7 Å². The van der Waals surface area contributed by atoms with Crippen LogP contribution in [0.4, 0.5) is 0 Å². The fraction of sp³-hybridized carbons (Fsp3) is 0.385. The smallest absolute Gasteiger partial charge is 0.217 e. The monoisotopic (exact) mass is 249 g/mol. The Kier molecular flexibility index (Phi) is 3.82. The highest BCUT2D eigenvalue weighted by atomic mass is 16.5. The van der Waals surface area contributed by atoms with Gasteiger partial charge >= 0.3 is 0 Å². The van der Waals surface area contributed by atoms with Crippen LogP contribution >= 0.6 is 0 Å². The second-order valence-corrected chi connectivity index (χ2v) is 4.10. The summed E-state index contributed by atoms with van der Waals surface area (Å²) in [6.45, 7) is 1.19. The summed E-state index contributed by atoms with van der Waals surface area (Å²) in [6, 6.07) is 5.05. The number of rotatable bonds is 4. The molecule has 0 aliphatic carbocycles. The van der Waals surface area contributed by atoms with Crippen LogP contribution in [0.2, 0.25) is 0 Å². The van der Waals surface area contributed by atoms with Gasteiger partial charge in [0, 0.05) is 24.8 Å². The molecule has 0 saturated carbocycles. The molecule has 0 radical (unpaired) electrons. The average molecular weight is 249 g/mol. The van der Waals surface area contributed by atoms with Crippen molar-refractivity contribution in [3.8, 4) is 11.5 Å². The lowest BCUT2D eigenvalue weighted by molar-refractivity contribution is -0.118. The van der Waals surface area contributed by atoms with E-state index in [1.165, 1.54) is 0 Å². The van der Waals surface area contributed by atoms with Gasteiger partial charge in [-0.3, -0.25) is 9.59 Å². The third-order valence-electron chi connectivity index (χ3n) is 2.67. The molecule has 0 bridgehead atoms. The normalized spacial score (nSPS) is 13.8. The van der Waals surface area contributed by atoms with E-state index in [9.17, 15) is 9.59 Å². The predicted octanol–water partition coefficient (Wildman–Crippen LogP) is 1.30. The quantitative estimate of drug-likeness (QED) is 0.816. The molecule has 1 aromatic carbocycles. The fourth-order valence-corrected chi connectivity index (χ4v) is 1.72. The number of nitrogens with two attached hydrogens (primary N) is 1. The summed E-state index contributed by atoms with van der Waals surface area (Å²) in [4.78, 5) is 22.5. The van der Waals surface area contributed by atoms with Gasteiger partial charge < -0.3 is 15.2 Å². The molecule has 0 saturated heterocycles. The van der Waals surface area contributed by atoms with E-state index >= 15 is 0 Å². The number of ether oxygens (including phenoxy) is 2. The number of Topliss-reactive ketones (excluding diaryl/α,β-unsaturated/α-hetero) is 1. The van der Waals surface area contributed by atoms with Crippen molar-refractivity contribution in [3.05, 3.63) is 23.8 Å². The second kappa shape index (κ2) is 5.53. The van der Waals surface area contributed by atoms with Crippen LogP contribution in [0.1, 0.15) is 29.6 Å². The van der Waals surface area contributed by atoms with Gasteiger partial charge in [0.05, 0.1) is 13.2 Å². The highest BCUT2D eigenvalue weighted by Gasteiger charge is 2.14. The summed E-state index contributed by atoms with van der Waals surface area (Å²) in [5.41, 5.74) is 5.53. The lowest BCUT2D eigenvalue weighted by Crippen LogP contribution is -2.12. The number of amides is 1. The minimum Gasteiger partial charge on any atom is -0.490 e. The number of carbonyl (C=O) groups is 2. The third-order valence-corrected chi connectivity index (χ3v) is 2.67. The largest absolute Gasteiger partial charge is 0.490 e. The fourth-order valence-electron chi connectivity index (χ4n) is 1.72. The number of ketones is 1. The molecule has 2 rings (SSSR count). The number of hydrogen-bond donors (Lipinski definition) is 1. The lowest BCUT2D eigenvalue weighted by atomic mass is 10.1. The minimum atomic E-state index is -0.474. The van der Waals surface area contributed by atoms with Crippen LogP contribution < -0.4 is 15.2 Å². The Morgan fingerprint density at radius 2 is 1.83 bits per heavy atom. The van der Waals surface area contributed by atoms with Crippen molar-refractivity contribution in [2.24, 2.45) is 5.73 Å². The summed E-state index contributed by atoms with van der Waals surface area (Å²) < 4.78 is 11.0. The molecule has 96 valence electrons. The number of fused-ring (bicyclic) bond motifs is 1. The van der Waals surface area contributed by atoms with Gasteiger partial charge in [-0.2, -0.15) is 0 Å². The van der Waals surface area contributed by atoms with Gasteiger partial charge in [0.15, 0.2) is 17.3 Å². The van der Waals surface area contributed by atoms with Crippen LogP contribution in [-0.4, -0.2) is 24.9 Å². The Hall–Kier alpha value is -2.04. The molecule has 1 amide bonds. The molecule has 1 heterocycles. The summed E-state index contributed by atoms with van der Waals surface area (Å²) in [7, 11) is 0. The van der Waals surface area contributed by atoms with Gasteiger partial charge in [0.1, 0.15) is 0 Å². The Morgan fingerprint density at radius 1 is 1.11 bits per heavy atom. The van der Waals surface area contributed by atoms with Gasteiger partial charge in [-0.25, -0.2) is 0 Å². The van der Waals surface area contributed by atoms with E-state index in [-0.39, 0.29) is 18.6 Å². The summed E-state index contributed by atoms with van der Waals surface area (Å²) >= 11 is 0. The molecule has 0 spiro atoms. The Labute approximate surface area is 105 Å². The van der Waals surface area contributed by atoms with E-state index < -0.39 is 5.91 Å². The van der Waals surface area contributed by atoms with Crippen molar-refractivity contribution in [1.82, 2.24) is 0 Å². The molecule has 0 atom stereocenters. The van der Waals surface area contributed by atoms with Crippen molar-refractivity contribution in [2.45, 2.75) is 19.3 Å². The first-order chi connectivity index (χ1) is 8.66. The zero-order valence-corrected chi connectivity index (χ0v) is 9.98. The molecule has 0 unspecified atom stereocenters. The van der Waals surface area contributed by atoms with Gasteiger partial charge in [0.2, 0.25) is 5.91 Å². The van der Waals surface area contributed by atoms with Gasteiger partial charge in [0.25, 0.3) is 0 Å². The standard InChI is InChI=1S/C13H15NO4/c14-13(16)5-3-10(15)9-2-4-11-12(8-9)18-7-1-6-17-11/h2,4,8H,1,3,5-7H2,(H2,14,16). The molecule has 5 heteroatoms. The molecule has 1 aliphatic heterocycles. The SMILES string of the molecule is NC(=O)CCC(=O)c1ccc2c(c1)OCCCO2. The Morgan fingerprint density at radius 3 is 2.56 bits per heavy atom.